The number of thioether (sulfide) groups is 1. The van der Waals surface area contributed by atoms with Gasteiger partial charge in [-0.1, -0.05) is 56.2 Å². The third-order valence-electron chi connectivity index (χ3n) is 4.92. The van der Waals surface area contributed by atoms with Crippen molar-refractivity contribution in [2.75, 3.05) is 19.4 Å². The monoisotopic (exact) mass is 399 g/mol. The Labute approximate surface area is 172 Å². The molecule has 0 aliphatic carbocycles. The normalized spacial score (nSPS) is 16.2. The first-order chi connectivity index (χ1) is 13.7. The summed E-state index contributed by atoms with van der Waals surface area (Å²) in [5.41, 5.74) is 2.20. The third-order valence-corrected chi connectivity index (χ3v) is 6.18. The van der Waals surface area contributed by atoms with Crippen LogP contribution in [0.2, 0.25) is 0 Å². The number of unbranched alkanes of at least 4 members (excludes halogenated alkanes) is 2. The quantitative estimate of drug-likeness (QED) is 0.527. The van der Waals surface area contributed by atoms with Gasteiger partial charge < -0.3 is 14.4 Å². The fourth-order valence-corrected chi connectivity index (χ4v) is 4.63. The first-order valence-electron chi connectivity index (χ1n) is 9.98. The zero-order valence-corrected chi connectivity index (χ0v) is 17.5. The van der Waals surface area contributed by atoms with Crippen LogP contribution in [0.1, 0.15) is 49.1 Å². The fourth-order valence-electron chi connectivity index (χ4n) is 3.37. The molecule has 1 heterocycles. The average molecular weight is 400 g/mol. The zero-order valence-electron chi connectivity index (χ0n) is 16.7. The van der Waals surface area contributed by atoms with Crippen LogP contribution < -0.4 is 9.47 Å². The molecule has 1 aliphatic heterocycles. The third kappa shape index (κ3) is 5.22. The smallest absolute Gasteiger partial charge is 0.223 e. The highest BCUT2D eigenvalue weighted by Crippen LogP contribution is 2.41. The molecule has 0 radical (unpaired) electrons. The van der Waals surface area contributed by atoms with E-state index in [1.165, 1.54) is 0 Å². The highest BCUT2D eigenvalue weighted by Gasteiger charge is 2.30. The molecule has 1 atom stereocenters. The van der Waals surface area contributed by atoms with Crippen molar-refractivity contribution < 1.29 is 14.3 Å². The molecule has 5 heteroatoms. The molecule has 2 aromatic carbocycles. The maximum atomic E-state index is 12.7. The summed E-state index contributed by atoms with van der Waals surface area (Å²) >= 11 is 1.82. The molecule has 2 aromatic rings. The van der Waals surface area contributed by atoms with Crippen LogP contribution in [-0.4, -0.2) is 30.2 Å². The molecule has 28 heavy (non-hydrogen) atoms. The molecule has 0 unspecified atom stereocenters. The van der Waals surface area contributed by atoms with Crippen LogP contribution in [0, 0.1) is 0 Å². The van der Waals surface area contributed by atoms with Crippen molar-refractivity contribution in [1.82, 2.24) is 4.90 Å². The Bertz CT molecular complexity index is 766. The van der Waals surface area contributed by atoms with Crippen LogP contribution in [0.25, 0.3) is 0 Å². The minimum absolute atomic E-state index is 0.0547. The Balaban J connectivity index is 1.73. The number of nitrogens with zero attached hydrogens (tertiary/aromatic N) is 1. The van der Waals surface area contributed by atoms with Gasteiger partial charge >= 0.3 is 0 Å². The van der Waals surface area contributed by atoms with Crippen LogP contribution in [0.15, 0.2) is 48.5 Å². The lowest BCUT2D eigenvalue weighted by molar-refractivity contribution is -0.131. The summed E-state index contributed by atoms with van der Waals surface area (Å²) in [6.45, 7) is 3.46. The first-order valence-corrected chi connectivity index (χ1v) is 11.0. The topological polar surface area (TPSA) is 38.8 Å². The van der Waals surface area contributed by atoms with Crippen molar-refractivity contribution in [2.24, 2.45) is 0 Å². The Morgan fingerprint density at radius 3 is 2.71 bits per heavy atom. The molecule has 1 fully saturated rings. The van der Waals surface area contributed by atoms with Crippen LogP contribution in [0.3, 0.4) is 0 Å². The molecular formula is C23H29NO3S. The number of carbonyl (C=O) groups is 1. The number of benzene rings is 2. The minimum Gasteiger partial charge on any atom is -0.493 e. The molecule has 150 valence electrons. The number of ether oxygens (including phenoxy) is 2. The molecule has 1 saturated heterocycles. The van der Waals surface area contributed by atoms with Crippen LogP contribution in [0.4, 0.5) is 0 Å². The maximum absolute atomic E-state index is 12.7. The van der Waals surface area contributed by atoms with E-state index in [2.05, 4.69) is 6.92 Å². The second-order valence-electron chi connectivity index (χ2n) is 6.95. The average Bonchev–Trinajstić information content (AvgIpc) is 3.23. The molecule has 0 saturated carbocycles. The molecule has 3 rings (SSSR count). The van der Waals surface area contributed by atoms with E-state index >= 15 is 0 Å². The largest absolute Gasteiger partial charge is 0.493 e. The van der Waals surface area contributed by atoms with Gasteiger partial charge in [-0.05, 0) is 29.7 Å². The Morgan fingerprint density at radius 1 is 1.14 bits per heavy atom. The van der Waals surface area contributed by atoms with E-state index in [1.807, 2.05) is 65.2 Å². The van der Waals surface area contributed by atoms with E-state index in [-0.39, 0.29) is 11.3 Å². The van der Waals surface area contributed by atoms with Crippen molar-refractivity contribution in [3.05, 3.63) is 59.7 Å². The van der Waals surface area contributed by atoms with E-state index in [1.54, 1.807) is 7.11 Å². The van der Waals surface area contributed by atoms with Crippen molar-refractivity contribution >= 4 is 17.7 Å². The number of hydrogen-bond donors (Lipinski definition) is 0. The van der Waals surface area contributed by atoms with E-state index in [4.69, 9.17) is 9.47 Å². The molecule has 1 amide bonds. The Hall–Kier alpha value is -2.14. The number of hydrogen-bond acceptors (Lipinski definition) is 4. The second-order valence-corrected chi connectivity index (χ2v) is 8.14. The van der Waals surface area contributed by atoms with Crippen LogP contribution >= 0.6 is 11.8 Å². The summed E-state index contributed by atoms with van der Waals surface area (Å²) in [7, 11) is 1.65. The van der Waals surface area contributed by atoms with Gasteiger partial charge in [0.25, 0.3) is 0 Å². The van der Waals surface area contributed by atoms with E-state index in [9.17, 15) is 4.79 Å². The summed E-state index contributed by atoms with van der Waals surface area (Å²) < 4.78 is 11.5. The molecule has 0 N–H and O–H groups in total. The number of amides is 1. The van der Waals surface area contributed by atoms with Gasteiger partial charge in [-0.2, -0.15) is 0 Å². The van der Waals surface area contributed by atoms with E-state index in [0.29, 0.717) is 18.8 Å². The Morgan fingerprint density at radius 2 is 1.96 bits per heavy atom. The molecule has 0 bridgehead atoms. The van der Waals surface area contributed by atoms with Gasteiger partial charge in [0.2, 0.25) is 5.91 Å². The van der Waals surface area contributed by atoms with Crippen molar-refractivity contribution in [2.45, 2.75) is 44.6 Å². The summed E-state index contributed by atoms with van der Waals surface area (Å²) in [6.07, 6.45) is 3.85. The van der Waals surface area contributed by atoms with Crippen LogP contribution in [0.5, 0.6) is 11.5 Å². The van der Waals surface area contributed by atoms with Gasteiger partial charge in [-0.25, -0.2) is 0 Å². The molecule has 1 aliphatic rings. The highest BCUT2D eigenvalue weighted by molar-refractivity contribution is 7.99. The maximum Gasteiger partial charge on any atom is 0.223 e. The summed E-state index contributed by atoms with van der Waals surface area (Å²) in [5, 5.41) is 0.0547. The number of carbonyl (C=O) groups excluding carboxylic acids is 1. The standard InChI is InChI=1S/C23H29NO3S/c1-3-4-6-11-22(25)24-14-15-28-23(24)19-12-13-20(26-2)21(16-19)27-17-18-9-7-5-8-10-18/h5,7-10,12-13,16,23H,3-4,6,11,14-15,17H2,1-2H3/t23-/m0/s1. The van der Waals surface area contributed by atoms with Crippen molar-refractivity contribution in [1.29, 1.82) is 0 Å². The van der Waals surface area contributed by atoms with Gasteiger partial charge in [0, 0.05) is 18.7 Å². The summed E-state index contributed by atoms with van der Waals surface area (Å²) in [4.78, 5) is 14.7. The number of methoxy groups -OCH3 is 1. The molecule has 0 spiro atoms. The van der Waals surface area contributed by atoms with Gasteiger partial charge in [-0.3, -0.25) is 4.79 Å². The van der Waals surface area contributed by atoms with Crippen LogP contribution in [-0.2, 0) is 11.4 Å². The summed E-state index contributed by atoms with van der Waals surface area (Å²) in [6, 6.07) is 16.1. The van der Waals surface area contributed by atoms with Gasteiger partial charge in [0.05, 0.1) is 7.11 Å². The number of rotatable bonds is 9. The Kier molecular flexibility index (Phi) is 7.66. The first kappa shape index (κ1) is 20.6. The molecule has 4 nitrogen and oxygen atoms in total. The van der Waals surface area contributed by atoms with Gasteiger partial charge in [0.1, 0.15) is 12.0 Å². The van der Waals surface area contributed by atoms with Gasteiger partial charge in [0.15, 0.2) is 11.5 Å². The van der Waals surface area contributed by atoms with Crippen molar-refractivity contribution in [3.8, 4) is 11.5 Å². The predicted molar refractivity (Wildman–Crippen MR) is 115 cm³/mol. The molecular weight excluding hydrogens is 370 g/mol. The SMILES string of the molecule is CCCCCC(=O)N1CCS[C@H]1c1ccc(OC)c(OCc2ccccc2)c1. The summed E-state index contributed by atoms with van der Waals surface area (Å²) in [5.74, 6) is 2.65. The predicted octanol–water partition coefficient (Wildman–Crippen LogP) is 5.43. The van der Waals surface area contributed by atoms with Gasteiger partial charge in [-0.15, -0.1) is 11.8 Å². The zero-order chi connectivity index (χ0) is 19.8. The lowest BCUT2D eigenvalue weighted by Crippen LogP contribution is -2.30. The lowest BCUT2D eigenvalue weighted by Gasteiger charge is -2.25. The molecule has 0 aromatic heterocycles. The second kappa shape index (κ2) is 10.4. The minimum atomic E-state index is 0.0547. The highest BCUT2D eigenvalue weighted by atomic mass is 32.2. The van der Waals surface area contributed by atoms with E-state index in [0.717, 1.165) is 48.4 Å². The lowest BCUT2D eigenvalue weighted by atomic mass is 10.1. The fraction of sp³-hybridized carbons (Fsp3) is 0.435. The van der Waals surface area contributed by atoms with E-state index < -0.39 is 0 Å². The van der Waals surface area contributed by atoms with Crippen molar-refractivity contribution in [3.63, 3.8) is 0 Å².